The van der Waals surface area contributed by atoms with E-state index < -0.39 is 5.97 Å². The lowest BCUT2D eigenvalue weighted by Crippen LogP contribution is -2.50. The molecule has 2 saturated carbocycles. The number of nitrogens with zero attached hydrogens (tertiary/aromatic N) is 2. The van der Waals surface area contributed by atoms with Gasteiger partial charge in [0, 0.05) is 23.2 Å². The average molecular weight is 380 g/mol. The van der Waals surface area contributed by atoms with E-state index in [1.165, 1.54) is 49.9 Å². The smallest absolute Gasteiger partial charge is 0.324 e. The molecular formula is C19H29N3O3S. The molecule has 0 aliphatic heterocycles. The van der Waals surface area contributed by atoms with Crippen molar-refractivity contribution in [3.05, 3.63) is 11.1 Å². The maximum Gasteiger partial charge on any atom is 0.324 e. The standard InChI is InChI=1S/C19H29N3O3S/c23-17(24)12-11-16-13-20-18(26-16)21-19(25)22(14-7-3-1-4-8-14)15-9-5-2-6-10-15/h13-15H,1-12H2,(H,23,24)(H,20,21,25). The van der Waals surface area contributed by atoms with Gasteiger partial charge in [0.2, 0.25) is 0 Å². The van der Waals surface area contributed by atoms with E-state index in [-0.39, 0.29) is 12.5 Å². The lowest BCUT2D eigenvalue weighted by Gasteiger charge is -2.41. The molecule has 0 spiro atoms. The van der Waals surface area contributed by atoms with Gasteiger partial charge in [0.05, 0.1) is 6.42 Å². The summed E-state index contributed by atoms with van der Waals surface area (Å²) in [6, 6.07) is 0.666. The molecule has 1 heterocycles. The maximum absolute atomic E-state index is 13.1. The summed E-state index contributed by atoms with van der Waals surface area (Å²) in [7, 11) is 0. The third kappa shape index (κ3) is 5.19. The lowest BCUT2D eigenvalue weighted by molar-refractivity contribution is -0.136. The van der Waals surface area contributed by atoms with Crippen molar-refractivity contribution in [2.24, 2.45) is 0 Å². The van der Waals surface area contributed by atoms with Crippen LogP contribution in [0.3, 0.4) is 0 Å². The van der Waals surface area contributed by atoms with Crippen LogP contribution in [0.4, 0.5) is 9.93 Å². The van der Waals surface area contributed by atoms with Gasteiger partial charge >= 0.3 is 12.0 Å². The first kappa shape index (κ1) is 19.1. The van der Waals surface area contributed by atoms with Gasteiger partial charge in [-0.15, -0.1) is 11.3 Å². The van der Waals surface area contributed by atoms with Crippen LogP contribution in [-0.2, 0) is 11.2 Å². The highest BCUT2D eigenvalue weighted by molar-refractivity contribution is 7.15. The second-order valence-electron chi connectivity index (χ2n) is 7.45. The Morgan fingerprint density at radius 3 is 2.19 bits per heavy atom. The number of carbonyl (C=O) groups excluding carboxylic acids is 1. The lowest BCUT2D eigenvalue weighted by atomic mass is 9.89. The van der Waals surface area contributed by atoms with Crippen LogP contribution in [0.15, 0.2) is 6.20 Å². The highest BCUT2D eigenvalue weighted by Crippen LogP contribution is 2.31. The van der Waals surface area contributed by atoms with E-state index in [2.05, 4.69) is 15.2 Å². The average Bonchev–Trinajstić information content (AvgIpc) is 3.09. The molecule has 2 amide bonds. The predicted octanol–water partition coefficient (Wildman–Crippen LogP) is 4.66. The number of carboxylic acids is 1. The number of anilines is 1. The number of thiazole rings is 1. The summed E-state index contributed by atoms with van der Waals surface area (Å²) in [5.74, 6) is -0.815. The van der Waals surface area contributed by atoms with Crippen molar-refractivity contribution in [2.75, 3.05) is 5.32 Å². The Balaban J connectivity index is 1.65. The molecule has 26 heavy (non-hydrogen) atoms. The zero-order valence-corrected chi connectivity index (χ0v) is 16.1. The largest absolute Gasteiger partial charge is 0.481 e. The molecule has 3 rings (SSSR count). The number of carboxylic acid groups (broad SMARTS) is 1. The van der Waals surface area contributed by atoms with E-state index in [0.29, 0.717) is 23.6 Å². The molecule has 2 fully saturated rings. The van der Waals surface area contributed by atoms with Gasteiger partial charge in [-0.1, -0.05) is 38.5 Å². The second-order valence-corrected chi connectivity index (χ2v) is 8.56. The Morgan fingerprint density at radius 2 is 1.65 bits per heavy atom. The van der Waals surface area contributed by atoms with Crippen molar-refractivity contribution in [1.29, 1.82) is 0 Å². The van der Waals surface area contributed by atoms with Crippen LogP contribution in [0, 0.1) is 0 Å². The monoisotopic (exact) mass is 379 g/mol. The van der Waals surface area contributed by atoms with Gasteiger partial charge in [-0.05, 0) is 32.1 Å². The Bertz CT molecular complexity index is 589. The first-order chi connectivity index (χ1) is 12.6. The molecule has 0 bridgehead atoms. The number of urea groups is 1. The maximum atomic E-state index is 13.1. The quantitative estimate of drug-likeness (QED) is 0.753. The second kappa shape index (κ2) is 9.35. The number of rotatable bonds is 6. The van der Waals surface area contributed by atoms with Crippen molar-refractivity contribution in [2.45, 2.75) is 89.1 Å². The predicted molar refractivity (Wildman–Crippen MR) is 103 cm³/mol. The summed E-state index contributed by atoms with van der Waals surface area (Å²) in [4.78, 5) is 31.1. The Morgan fingerprint density at radius 1 is 1.08 bits per heavy atom. The van der Waals surface area contributed by atoms with Crippen LogP contribution in [0.5, 0.6) is 0 Å². The topological polar surface area (TPSA) is 82.5 Å². The van der Waals surface area contributed by atoms with Crippen LogP contribution in [0.1, 0.15) is 75.5 Å². The normalized spacial score (nSPS) is 19.2. The molecular weight excluding hydrogens is 350 g/mol. The molecule has 2 N–H and O–H groups in total. The minimum atomic E-state index is -0.815. The van der Waals surface area contributed by atoms with Gasteiger partial charge in [0.25, 0.3) is 0 Å². The van der Waals surface area contributed by atoms with Crippen molar-refractivity contribution >= 4 is 28.5 Å². The number of aromatic nitrogens is 1. The van der Waals surface area contributed by atoms with Crippen molar-refractivity contribution < 1.29 is 14.7 Å². The van der Waals surface area contributed by atoms with E-state index in [1.807, 2.05) is 0 Å². The fourth-order valence-electron chi connectivity index (χ4n) is 4.22. The van der Waals surface area contributed by atoms with Gasteiger partial charge in [-0.25, -0.2) is 9.78 Å². The molecule has 0 radical (unpaired) electrons. The molecule has 0 saturated heterocycles. The van der Waals surface area contributed by atoms with E-state index in [0.717, 1.165) is 30.6 Å². The molecule has 0 unspecified atom stereocenters. The number of hydrogen-bond donors (Lipinski definition) is 2. The molecule has 6 nitrogen and oxygen atoms in total. The molecule has 0 atom stereocenters. The van der Waals surface area contributed by atoms with Crippen molar-refractivity contribution in [3.63, 3.8) is 0 Å². The number of carbonyl (C=O) groups is 2. The van der Waals surface area contributed by atoms with E-state index in [4.69, 9.17) is 5.11 Å². The van der Waals surface area contributed by atoms with Crippen LogP contribution in [0.2, 0.25) is 0 Å². The molecule has 0 aromatic carbocycles. The van der Waals surface area contributed by atoms with E-state index >= 15 is 0 Å². The highest BCUT2D eigenvalue weighted by Gasteiger charge is 2.32. The van der Waals surface area contributed by atoms with E-state index in [1.54, 1.807) is 6.20 Å². The fourth-order valence-corrected chi connectivity index (χ4v) is 5.02. The molecule has 1 aromatic rings. The third-order valence-corrected chi connectivity index (χ3v) is 6.50. The van der Waals surface area contributed by atoms with Crippen LogP contribution in [-0.4, -0.2) is 39.1 Å². The number of aliphatic carboxylic acids is 1. The van der Waals surface area contributed by atoms with Crippen LogP contribution in [0.25, 0.3) is 0 Å². The zero-order valence-electron chi connectivity index (χ0n) is 15.3. The van der Waals surface area contributed by atoms with Gasteiger partial charge < -0.3 is 10.0 Å². The number of hydrogen-bond acceptors (Lipinski definition) is 4. The summed E-state index contributed by atoms with van der Waals surface area (Å²) in [5, 5.41) is 12.4. The first-order valence-electron chi connectivity index (χ1n) is 9.89. The molecule has 1 aromatic heterocycles. The number of amides is 2. The Labute approximate surface area is 159 Å². The van der Waals surface area contributed by atoms with Gasteiger partial charge in [-0.3, -0.25) is 10.1 Å². The van der Waals surface area contributed by atoms with Gasteiger partial charge in [0.15, 0.2) is 5.13 Å². The third-order valence-electron chi connectivity index (χ3n) is 5.52. The number of aryl methyl sites for hydroxylation is 1. The Kier molecular flexibility index (Phi) is 6.88. The minimum Gasteiger partial charge on any atom is -0.481 e. The SMILES string of the molecule is O=C(O)CCc1cnc(NC(=O)N(C2CCCCC2)C2CCCCC2)s1. The molecule has 7 heteroatoms. The summed E-state index contributed by atoms with van der Waals surface area (Å²) < 4.78 is 0. The van der Waals surface area contributed by atoms with E-state index in [9.17, 15) is 9.59 Å². The van der Waals surface area contributed by atoms with Crippen molar-refractivity contribution in [1.82, 2.24) is 9.88 Å². The summed E-state index contributed by atoms with van der Waals surface area (Å²) in [5.41, 5.74) is 0. The van der Waals surface area contributed by atoms with Crippen LogP contribution < -0.4 is 5.32 Å². The zero-order chi connectivity index (χ0) is 18.4. The van der Waals surface area contributed by atoms with Crippen LogP contribution >= 0.6 is 11.3 Å². The molecule has 144 valence electrons. The molecule has 2 aliphatic rings. The number of nitrogens with one attached hydrogen (secondary N) is 1. The summed E-state index contributed by atoms with van der Waals surface area (Å²) in [6.07, 6.45) is 14.0. The Hall–Kier alpha value is -1.63. The first-order valence-corrected chi connectivity index (χ1v) is 10.7. The summed E-state index contributed by atoms with van der Waals surface area (Å²) >= 11 is 1.38. The van der Waals surface area contributed by atoms with Crippen molar-refractivity contribution in [3.8, 4) is 0 Å². The molecule has 2 aliphatic carbocycles. The fraction of sp³-hybridized carbons (Fsp3) is 0.737. The van der Waals surface area contributed by atoms with Gasteiger partial charge in [0.1, 0.15) is 0 Å². The summed E-state index contributed by atoms with van der Waals surface area (Å²) in [6.45, 7) is 0. The van der Waals surface area contributed by atoms with Gasteiger partial charge in [-0.2, -0.15) is 0 Å². The highest BCUT2D eigenvalue weighted by atomic mass is 32.1. The minimum absolute atomic E-state index is 0.0251.